The SMILES string of the molecule is COc1ccc(N2CCN(C(=O)[C@@H](C)NS(=O)(=O)c3ccc(OC)c(Cl)c3)CC2)cc1. The molecule has 8 nitrogen and oxygen atoms in total. The topological polar surface area (TPSA) is 88.2 Å². The minimum Gasteiger partial charge on any atom is -0.497 e. The van der Waals surface area contributed by atoms with Crippen LogP contribution in [0.3, 0.4) is 0 Å². The highest BCUT2D eigenvalue weighted by molar-refractivity contribution is 7.89. The summed E-state index contributed by atoms with van der Waals surface area (Å²) in [5, 5.41) is 0.180. The molecule has 10 heteroatoms. The third-order valence-corrected chi connectivity index (χ3v) is 7.00. The standard InChI is InChI=1S/C21H26ClN3O5S/c1-15(23-31(27,28)18-8-9-20(30-3)19(22)14-18)21(26)25-12-10-24(11-13-25)16-4-6-17(29-2)7-5-16/h4-9,14-15,23H,10-13H2,1-3H3/t15-/m1/s1. The lowest BCUT2D eigenvalue weighted by atomic mass is 10.2. The number of ether oxygens (including phenoxy) is 2. The first-order chi connectivity index (χ1) is 14.7. The first-order valence-electron chi connectivity index (χ1n) is 9.79. The van der Waals surface area contributed by atoms with Gasteiger partial charge in [0.25, 0.3) is 0 Å². The summed E-state index contributed by atoms with van der Waals surface area (Å²) in [5.41, 5.74) is 1.05. The van der Waals surface area contributed by atoms with Crippen molar-refractivity contribution in [1.29, 1.82) is 0 Å². The third kappa shape index (κ3) is 5.41. The summed E-state index contributed by atoms with van der Waals surface area (Å²) in [6.07, 6.45) is 0. The number of carbonyl (C=O) groups is 1. The molecule has 0 unspecified atom stereocenters. The van der Waals surface area contributed by atoms with E-state index in [0.717, 1.165) is 11.4 Å². The second-order valence-electron chi connectivity index (χ2n) is 7.15. The van der Waals surface area contributed by atoms with E-state index in [1.807, 2.05) is 24.3 Å². The fourth-order valence-electron chi connectivity index (χ4n) is 3.42. The van der Waals surface area contributed by atoms with Crippen molar-refractivity contribution in [3.05, 3.63) is 47.5 Å². The number of benzene rings is 2. The predicted molar refractivity (Wildman–Crippen MR) is 120 cm³/mol. The van der Waals surface area contributed by atoms with E-state index in [-0.39, 0.29) is 15.8 Å². The van der Waals surface area contributed by atoms with E-state index >= 15 is 0 Å². The van der Waals surface area contributed by atoms with Crippen LogP contribution in [0.5, 0.6) is 11.5 Å². The van der Waals surface area contributed by atoms with Crippen LogP contribution in [-0.2, 0) is 14.8 Å². The van der Waals surface area contributed by atoms with E-state index in [1.54, 1.807) is 18.9 Å². The van der Waals surface area contributed by atoms with Crippen molar-refractivity contribution in [3.63, 3.8) is 0 Å². The average molecular weight is 468 g/mol. The lowest BCUT2D eigenvalue weighted by molar-refractivity contribution is -0.132. The Morgan fingerprint density at radius 1 is 1.03 bits per heavy atom. The normalized spacial score (nSPS) is 15.5. The van der Waals surface area contributed by atoms with E-state index in [0.29, 0.717) is 31.9 Å². The van der Waals surface area contributed by atoms with E-state index < -0.39 is 16.1 Å². The van der Waals surface area contributed by atoms with Crippen LogP contribution in [0.4, 0.5) is 5.69 Å². The van der Waals surface area contributed by atoms with Crippen LogP contribution in [0.15, 0.2) is 47.4 Å². The molecule has 0 aliphatic carbocycles. The number of amides is 1. The smallest absolute Gasteiger partial charge is 0.241 e. The van der Waals surface area contributed by atoms with Gasteiger partial charge in [-0.1, -0.05) is 11.6 Å². The molecule has 2 aromatic carbocycles. The molecule has 0 saturated carbocycles. The van der Waals surface area contributed by atoms with Gasteiger partial charge in [0.15, 0.2) is 0 Å². The van der Waals surface area contributed by atoms with E-state index in [2.05, 4.69) is 9.62 Å². The number of hydrogen-bond acceptors (Lipinski definition) is 6. The number of nitrogens with zero attached hydrogens (tertiary/aromatic N) is 2. The van der Waals surface area contributed by atoms with Gasteiger partial charge in [0.05, 0.1) is 30.2 Å². The Morgan fingerprint density at radius 3 is 2.23 bits per heavy atom. The Hall–Kier alpha value is -2.49. The largest absolute Gasteiger partial charge is 0.497 e. The number of sulfonamides is 1. The van der Waals surface area contributed by atoms with Crippen molar-refractivity contribution in [2.45, 2.75) is 17.9 Å². The molecule has 1 heterocycles. The van der Waals surface area contributed by atoms with Crippen LogP contribution in [0.1, 0.15) is 6.92 Å². The number of piperazine rings is 1. The second-order valence-corrected chi connectivity index (χ2v) is 9.27. The molecule has 0 bridgehead atoms. The lowest BCUT2D eigenvalue weighted by Gasteiger charge is -2.37. The molecule has 2 aromatic rings. The Labute approximate surface area is 187 Å². The van der Waals surface area contributed by atoms with Gasteiger partial charge in [0.2, 0.25) is 15.9 Å². The van der Waals surface area contributed by atoms with Gasteiger partial charge in [0.1, 0.15) is 11.5 Å². The highest BCUT2D eigenvalue weighted by Crippen LogP contribution is 2.27. The molecular formula is C21H26ClN3O5S. The van der Waals surface area contributed by atoms with Crippen molar-refractivity contribution >= 4 is 33.2 Å². The first-order valence-corrected chi connectivity index (χ1v) is 11.6. The van der Waals surface area contributed by atoms with Crippen molar-refractivity contribution in [1.82, 2.24) is 9.62 Å². The molecule has 1 aliphatic rings. The molecule has 0 spiro atoms. The Kier molecular flexibility index (Phi) is 7.30. The summed E-state index contributed by atoms with van der Waals surface area (Å²) in [7, 11) is -0.841. The maximum absolute atomic E-state index is 12.8. The van der Waals surface area contributed by atoms with Gasteiger partial charge in [-0.15, -0.1) is 0 Å². The zero-order valence-corrected chi connectivity index (χ0v) is 19.2. The number of nitrogens with one attached hydrogen (secondary N) is 1. The lowest BCUT2D eigenvalue weighted by Crippen LogP contribution is -2.54. The summed E-state index contributed by atoms with van der Waals surface area (Å²) in [5.74, 6) is 0.897. The monoisotopic (exact) mass is 467 g/mol. The van der Waals surface area contributed by atoms with Gasteiger partial charge < -0.3 is 19.3 Å². The molecule has 0 aromatic heterocycles. The molecule has 1 saturated heterocycles. The number of carbonyl (C=O) groups excluding carboxylic acids is 1. The van der Waals surface area contributed by atoms with Crippen molar-refractivity contribution in [2.75, 3.05) is 45.3 Å². The Bertz CT molecular complexity index is 1020. The van der Waals surface area contributed by atoms with Crippen molar-refractivity contribution in [3.8, 4) is 11.5 Å². The molecule has 31 heavy (non-hydrogen) atoms. The fraction of sp³-hybridized carbons (Fsp3) is 0.381. The molecule has 1 aliphatic heterocycles. The minimum atomic E-state index is -3.91. The highest BCUT2D eigenvalue weighted by atomic mass is 35.5. The van der Waals surface area contributed by atoms with Crippen LogP contribution in [0, 0.1) is 0 Å². The van der Waals surface area contributed by atoms with Gasteiger partial charge in [-0.2, -0.15) is 4.72 Å². The minimum absolute atomic E-state index is 0.0257. The quantitative estimate of drug-likeness (QED) is 0.672. The van der Waals surface area contributed by atoms with Crippen LogP contribution in [0.2, 0.25) is 5.02 Å². The molecule has 1 atom stereocenters. The molecule has 3 rings (SSSR count). The highest BCUT2D eigenvalue weighted by Gasteiger charge is 2.28. The fourth-order valence-corrected chi connectivity index (χ4v) is 4.96. The van der Waals surface area contributed by atoms with Gasteiger partial charge in [-0.3, -0.25) is 4.79 Å². The van der Waals surface area contributed by atoms with Crippen LogP contribution >= 0.6 is 11.6 Å². The van der Waals surface area contributed by atoms with Gasteiger partial charge in [-0.25, -0.2) is 8.42 Å². The summed E-state index contributed by atoms with van der Waals surface area (Å²) in [4.78, 5) is 16.6. The van der Waals surface area contributed by atoms with Gasteiger partial charge in [-0.05, 0) is 49.4 Å². The molecule has 0 radical (unpaired) electrons. The van der Waals surface area contributed by atoms with Crippen molar-refractivity contribution in [2.24, 2.45) is 0 Å². The molecule has 1 fully saturated rings. The van der Waals surface area contributed by atoms with E-state index in [4.69, 9.17) is 21.1 Å². The number of anilines is 1. The number of rotatable bonds is 7. The van der Waals surface area contributed by atoms with Crippen LogP contribution < -0.4 is 19.1 Å². The molecular weight excluding hydrogens is 442 g/mol. The second kappa shape index (κ2) is 9.76. The maximum atomic E-state index is 12.8. The first kappa shape index (κ1) is 23.2. The van der Waals surface area contributed by atoms with Crippen LogP contribution in [0.25, 0.3) is 0 Å². The zero-order chi connectivity index (χ0) is 22.6. The Morgan fingerprint density at radius 2 is 1.68 bits per heavy atom. The van der Waals surface area contributed by atoms with E-state index in [1.165, 1.54) is 25.3 Å². The summed E-state index contributed by atoms with van der Waals surface area (Å²) < 4.78 is 38.0. The van der Waals surface area contributed by atoms with Gasteiger partial charge in [0, 0.05) is 31.9 Å². The molecule has 1 N–H and O–H groups in total. The predicted octanol–water partition coefficient (Wildman–Crippen LogP) is 2.37. The van der Waals surface area contributed by atoms with Crippen molar-refractivity contribution < 1.29 is 22.7 Å². The van der Waals surface area contributed by atoms with E-state index in [9.17, 15) is 13.2 Å². The average Bonchev–Trinajstić information content (AvgIpc) is 2.78. The number of hydrogen-bond donors (Lipinski definition) is 1. The molecule has 1 amide bonds. The number of methoxy groups -OCH3 is 2. The Balaban J connectivity index is 1.59. The van der Waals surface area contributed by atoms with Crippen LogP contribution in [-0.4, -0.2) is 65.7 Å². The number of halogens is 1. The maximum Gasteiger partial charge on any atom is 0.241 e. The summed E-state index contributed by atoms with van der Waals surface area (Å²) in [6, 6.07) is 11.0. The molecule has 168 valence electrons. The third-order valence-electron chi connectivity index (χ3n) is 5.16. The van der Waals surface area contributed by atoms with Gasteiger partial charge >= 0.3 is 0 Å². The summed E-state index contributed by atoms with van der Waals surface area (Å²) >= 11 is 6.03. The zero-order valence-electron chi connectivity index (χ0n) is 17.7. The summed E-state index contributed by atoms with van der Waals surface area (Å²) in [6.45, 7) is 3.87.